The first-order valence-electron chi connectivity index (χ1n) is 7.37. The molecule has 2 heteroatoms. The molecule has 0 saturated carbocycles. The first-order valence-corrected chi connectivity index (χ1v) is 9.44. The topological polar surface area (TPSA) is 9.23 Å². The van der Waals surface area contributed by atoms with Crippen LogP contribution in [0.25, 0.3) is 0 Å². The molecule has 3 unspecified atom stereocenters. The third-order valence-corrected chi connectivity index (χ3v) is 6.84. The molecule has 0 aliphatic carbocycles. The van der Waals surface area contributed by atoms with Gasteiger partial charge in [0.1, 0.15) is 0 Å². The zero-order valence-electron chi connectivity index (χ0n) is 12.6. The van der Waals surface area contributed by atoms with Gasteiger partial charge in [0.15, 0.2) is 0 Å². The number of hydrogen-bond acceptors (Lipinski definition) is 1. The first-order chi connectivity index (χ1) is 9.01. The Morgan fingerprint density at radius 1 is 1.32 bits per heavy atom. The zero-order chi connectivity index (χ0) is 13.9. The fraction of sp³-hybridized carbons (Fsp3) is 0.647. The average Bonchev–Trinajstić information content (AvgIpc) is 2.41. The fourth-order valence-electron chi connectivity index (χ4n) is 2.54. The molecule has 0 radical (unpaired) electrons. The van der Waals surface area contributed by atoms with Crippen molar-refractivity contribution in [1.29, 1.82) is 0 Å². The van der Waals surface area contributed by atoms with E-state index in [4.69, 9.17) is 4.74 Å². The Kier molecular flexibility index (Phi) is 5.11. The molecule has 106 valence electrons. The van der Waals surface area contributed by atoms with Crippen molar-refractivity contribution in [2.75, 3.05) is 0 Å². The average molecular weight is 325 g/mol. The quantitative estimate of drug-likeness (QED) is 0.768. The second kappa shape index (κ2) is 6.43. The molecule has 1 aromatic rings. The van der Waals surface area contributed by atoms with Gasteiger partial charge in [0.25, 0.3) is 0 Å². The molecule has 1 heterocycles. The van der Waals surface area contributed by atoms with Gasteiger partial charge in [-0.15, -0.1) is 0 Å². The first kappa shape index (κ1) is 15.1. The Labute approximate surface area is 124 Å². The molecular formula is C17H26OSe. The van der Waals surface area contributed by atoms with Crippen LogP contribution >= 0.6 is 0 Å². The van der Waals surface area contributed by atoms with E-state index in [1.807, 2.05) is 0 Å². The third kappa shape index (κ3) is 3.84. The molecule has 0 spiro atoms. The molecule has 1 aliphatic rings. The van der Waals surface area contributed by atoms with Crippen LogP contribution in [-0.2, 0) is 4.74 Å². The number of rotatable bonds is 4. The zero-order valence-corrected chi connectivity index (χ0v) is 14.3. The van der Waals surface area contributed by atoms with Crippen molar-refractivity contribution in [2.24, 2.45) is 11.8 Å². The summed E-state index contributed by atoms with van der Waals surface area (Å²) in [5.74, 6) is 1.31. The molecule has 1 nitrogen and oxygen atoms in total. The van der Waals surface area contributed by atoms with Gasteiger partial charge in [0.2, 0.25) is 0 Å². The Morgan fingerprint density at radius 2 is 2.00 bits per heavy atom. The van der Waals surface area contributed by atoms with Crippen LogP contribution in [-0.4, -0.2) is 26.7 Å². The summed E-state index contributed by atoms with van der Waals surface area (Å²) < 4.78 is 7.97. The molecule has 1 aliphatic heterocycles. The standard InChI is InChI=1S/C17H26OSe/c1-13(2)17(4)11-10-14(3)16(18-17)12-19-15-8-6-5-7-9-15/h5-9,13-14,16H,10-12H2,1-4H3. The van der Waals surface area contributed by atoms with Crippen LogP contribution in [0.5, 0.6) is 0 Å². The summed E-state index contributed by atoms with van der Waals surface area (Å²) in [5.41, 5.74) is 0.0872. The van der Waals surface area contributed by atoms with Crippen molar-refractivity contribution in [3.8, 4) is 0 Å². The SMILES string of the molecule is CC1CCC(C)(C(C)C)OC1C[Se]c1ccccc1. The van der Waals surface area contributed by atoms with Gasteiger partial charge in [-0.05, 0) is 0 Å². The Balaban J connectivity index is 1.94. The van der Waals surface area contributed by atoms with Crippen LogP contribution in [0.2, 0.25) is 5.32 Å². The molecule has 3 atom stereocenters. The van der Waals surface area contributed by atoms with Gasteiger partial charge in [-0.25, -0.2) is 0 Å². The second-order valence-electron chi connectivity index (χ2n) is 6.26. The van der Waals surface area contributed by atoms with E-state index in [2.05, 4.69) is 58.0 Å². The molecule has 19 heavy (non-hydrogen) atoms. The molecule has 0 bridgehead atoms. The van der Waals surface area contributed by atoms with E-state index < -0.39 is 0 Å². The molecule has 1 fully saturated rings. The van der Waals surface area contributed by atoms with E-state index in [1.165, 1.54) is 22.6 Å². The van der Waals surface area contributed by atoms with Gasteiger partial charge in [-0.2, -0.15) is 0 Å². The number of ether oxygens (including phenoxy) is 1. The van der Waals surface area contributed by atoms with E-state index in [9.17, 15) is 0 Å². The fourth-order valence-corrected chi connectivity index (χ4v) is 4.85. The predicted octanol–water partition coefficient (Wildman–Crippen LogP) is 3.66. The maximum absolute atomic E-state index is 6.48. The van der Waals surface area contributed by atoms with Crippen LogP contribution in [0.15, 0.2) is 30.3 Å². The Bertz CT molecular complexity index is 390. The summed E-state index contributed by atoms with van der Waals surface area (Å²) in [6.45, 7) is 9.22. The van der Waals surface area contributed by atoms with E-state index >= 15 is 0 Å². The van der Waals surface area contributed by atoms with Crippen LogP contribution in [0.3, 0.4) is 0 Å². The third-order valence-electron chi connectivity index (χ3n) is 4.53. The number of benzene rings is 1. The molecule has 0 aromatic heterocycles. The monoisotopic (exact) mass is 326 g/mol. The van der Waals surface area contributed by atoms with Crippen molar-refractivity contribution < 1.29 is 4.74 Å². The number of hydrogen-bond donors (Lipinski definition) is 0. The predicted molar refractivity (Wildman–Crippen MR) is 83.2 cm³/mol. The summed E-state index contributed by atoms with van der Waals surface area (Å²) in [7, 11) is 0. The molecular weight excluding hydrogens is 299 g/mol. The molecule has 0 N–H and O–H groups in total. The second-order valence-corrected chi connectivity index (χ2v) is 8.56. The van der Waals surface area contributed by atoms with Gasteiger partial charge in [-0.1, -0.05) is 0 Å². The van der Waals surface area contributed by atoms with Gasteiger partial charge in [-0.3, -0.25) is 0 Å². The summed E-state index contributed by atoms with van der Waals surface area (Å²) in [6, 6.07) is 10.9. The van der Waals surface area contributed by atoms with Crippen LogP contribution < -0.4 is 4.46 Å². The van der Waals surface area contributed by atoms with E-state index in [1.54, 1.807) is 0 Å². The van der Waals surface area contributed by atoms with Crippen molar-refractivity contribution in [1.82, 2.24) is 0 Å². The molecule has 0 amide bonds. The Hall–Kier alpha value is -0.301. The molecule has 1 saturated heterocycles. The summed E-state index contributed by atoms with van der Waals surface area (Å²) in [5, 5.41) is 1.21. The Morgan fingerprint density at radius 3 is 2.63 bits per heavy atom. The van der Waals surface area contributed by atoms with Crippen molar-refractivity contribution in [3.05, 3.63) is 30.3 Å². The van der Waals surface area contributed by atoms with Crippen LogP contribution in [0.4, 0.5) is 0 Å². The van der Waals surface area contributed by atoms with E-state index in [-0.39, 0.29) is 5.60 Å². The van der Waals surface area contributed by atoms with Gasteiger partial charge in [0, 0.05) is 0 Å². The van der Waals surface area contributed by atoms with Gasteiger partial charge < -0.3 is 0 Å². The molecule has 1 aromatic carbocycles. The van der Waals surface area contributed by atoms with Gasteiger partial charge >= 0.3 is 124 Å². The summed E-state index contributed by atoms with van der Waals surface area (Å²) in [6.07, 6.45) is 2.96. The van der Waals surface area contributed by atoms with Crippen molar-refractivity contribution in [2.45, 2.75) is 57.6 Å². The van der Waals surface area contributed by atoms with E-state index in [0.29, 0.717) is 32.9 Å². The molecule has 2 rings (SSSR count). The summed E-state index contributed by atoms with van der Waals surface area (Å²) >= 11 is 0.537. The van der Waals surface area contributed by atoms with Gasteiger partial charge in [0.05, 0.1) is 0 Å². The van der Waals surface area contributed by atoms with Crippen LogP contribution in [0.1, 0.15) is 40.5 Å². The van der Waals surface area contributed by atoms with E-state index in [0.717, 1.165) is 0 Å². The minimum absolute atomic E-state index is 0.0872. The minimum atomic E-state index is 0.0872. The summed E-state index contributed by atoms with van der Waals surface area (Å²) in [4.78, 5) is 0. The van der Waals surface area contributed by atoms with Crippen molar-refractivity contribution >= 4 is 19.4 Å². The maximum atomic E-state index is 6.48. The van der Waals surface area contributed by atoms with Crippen molar-refractivity contribution in [3.63, 3.8) is 0 Å². The van der Waals surface area contributed by atoms with Crippen LogP contribution in [0, 0.1) is 11.8 Å². The normalized spacial score (nSPS) is 31.6.